The molecular weight excluding hydrogens is 244 g/mol. The van der Waals surface area contributed by atoms with E-state index >= 15 is 0 Å². The van der Waals surface area contributed by atoms with Crippen molar-refractivity contribution in [3.63, 3.8) is 0 Å². The Morgan fingerprint density at radius 2 is 1.20 bits per heavy atom. The summed E-state index contributed by atoms with van der Waals surface area (Å²) in [5.74, 6) is 2.11. The molecule has 2 heterocycles. The van der Waals surface area contributed by atoms with Gasteiger partial charge in [0.05, 0.1) is 0 Å². The fraction of sp³-hybridized carbons (Fsp3) is 1.00. The van der Waals surface area contributed by atoms with Gasteiger partial charge in [-0.2, -0.15) is 0 Å². The van der Waals surface area contributed by atoms with Crippen molar-refractivity contribution in [2.24, 2.45) is 17.6 Å². The Balaban J connectivity index is 1.51. The second-order valence-corrected chi connectivity index (χ2v) is 8.29. The summed E-state index contributed by atoms with van der Waals surface area (Å²) in [7, 11) is 0. The largest absolute Gasteiger partial charge is 0.328 e. The second kappa shape index (κ2) is 5.61. The Labute approximate surface area is 124 Å². The lowest BCUT2D eigenvalue weighted by atomic mass is 9.73. The lowest BCUT2D eigenvalue weighted by Gasteiger charge is -2.54. The van der Waals surface area contributed by atoms with E-state index in [-0.39, 0.29) is 0 Å². The summed E-state index contributed by atoms with van der Waals surface area (Å²) in [5.41, 5.74) is 6.31. The van der Waals surface area contributed by atoms with Crippen LogP contribution in [-0.2, 0) is 0 Å². The van der Waals surface area contributed by atoms with Crippen molar-refractivity contribution in [2.45, 2.75) is 101 Å². The van der Waals surface area contributed by atoms with E-state index in [0.717, 1.165) is 30.0 Å². The van der Waals surface area contributed by atoms with E-state index in [9.17, 15) is 0 Å². The fourth-order valence-electron chi connectivity index (χ4n) is 6.17. The van der Waals surface area contributed by atoms with Crippen LogP contribution in [0.1, 0.15) is 77.0 Å². The standard InChI is InChI=1S/C18H32N2/c19-15-11-16-6-3-7-17(12-15)20(16)18-9-13-4-1-2-5-14(8-13)10-18/h13-18H,1-12,19H2. The maximum Gasteiger partial charge on any atom is 0.0116 e. The summed E-state index contributed by atoms with van der Waals surface area (Å²) in [6.45, 7) is 0. The Morgan fingerprint density at radius 3 is 1.80 bits per heavy atom. The summed E-state index contributed by atoms with van der Waals surface area (Å²) in [6, 6.07) is 3.08. The van der Waals surface area contributed by atoms with Gasteiger partial charge in [0.1, 0.15) is 0 Å². The second-order valence-electron chi connectivity index (χ2n) is 8.29. The third kappa shape index (κ3) is 2.54. The Bertz CT molecular complexity index is 314. The summed E-state index contributed by atoms with van der Waals surface area (Å²) in [4.78, 5) is 3.00. The molecule has 4 unspecified atom stereocenters. The van der Waals surface area contributed by atoms with Gasteiger partial charge >= 0.3 is 0 Å². The highest BCUT2D eigenvalue weighted by Crippen LogP contribution is 2.44. The topological polar surface area (TPSA) is 29.3 Å². The Hall–Kier alpha value is -0.0800. The van der Waals surface area contributed by atoms with Crippen molar-refractivity contribution in [3.8, 4) is 0 Å². The van der Waals surface area contributed by atoms with Gasteiger partial charge in [0.15, 0.2) is 0 Å². The Kier molecular flexibility index (Phi) is 3.80. The molecular formula is C18H32N2. The van der Waals surface area contributed by atoms with Crippen LogP contribution >= 0.6 is 0 Å². The zero-order valence-corrected chi connectivity index (χ0v) is 13.0. The third-order valence-electron chi connectivity index (χ3n) is 6.84. The number of fused-ring (bicyclic) bond motifs is 4. The van der Waals surface area contributed by atoms with Crippen LogP contribution in [0.15, 0.2) is 0 Å². The van der Waals surface area contributed by atoms with Crippen LogP contribution in [0.4, 0.5) is 0 Å². The first-order valence-electron chi connectivity index (χ1n) is 9.32. The van der Waals surface area contributed by atoms with Crippen molar-refractivity contribution in [3.05, 3.63) is 0 Å². The number of hydrogen-bond acceptors (Lipinski definition) is 2. The number of nitrogens with two attached hydrogens (primary N) is 1. The van der Waals surface area contributed by atoms with Crippen LogP contribution in [0, 0.1) is 11.8 Å². The first kappa shape index (κ1) is 13.6. The minimum atomic E-state index is 0.493. The first-order chi connectivity index (χ1) is 9.79. The molecule has 2 aliphatic heterocycles. The first-order valence-corrected chi connectivity index (χ1v) is 9.32. The number of hydrogen-bond donors (Lipinski definition) is 1. The van der Waals surface area contributed by atoms with Crippen LogP contribution in [0.2, 0.25) is 0 Å². The van der Waals surface area contributed by atoms with E-state index in [1.807, 2.05) is 0 Å². The lowest BCUT2D eigenvalue weighted by molar-refractivity contribution is -0.0328. The smallest absolute Gasteiger partial charge is 0.0116 e. The van der Waals surface area contributed by atoms with Crippen LogP contribution in [-0.4, -0.2) is 29.1 Å². The molecule has 2 aliphatic carbocycles. The molecule has 0 radical (unpaired) electrons. The van der Waals surface area contributed by atoms with Gasteiger partial charge in [-0.1, -0.05) is 32.1 Å². The molecule has 2 saturated heterocycles. The molecule has 4 atom stereocenters. The average molecular weight is 276 g/mol. The molecule has 4 fully saturated rings. The minimum absolute atomic E-state index is 0.493. The van der Waals surface area contributed by atoms with Gasteiger partial charge in [-0.25, -0.2) is 0 Å². The molecule has 4 rings (SSSR count). The average Bonchev–Trinajstić information content (AvgIpc) is 2.58. The highest BCUT2D eigenvalue weighted by molar-refractivity contribution is 4.99. The number of rotatable bonds is 1. The predicted octanol–water partition coefficient (Wildman–Crippen LogP) is 3.69. The van der Waals surface area contributed by atoms with E-state index in [1.54, 1.807) is 6.42 Å². The van der Waals surface area contributed by atoms with Crippen LogP contribution in [0.3, 0.4) is 0 Å². The zero-order chi connectivity index (χ0) is 13.5. The van der Waals surface area contributed by atoms with E-state index in [0.29, 0.717) is 6.04 Å². The highest BCUT2D eigenvalue weighted by Gasteiger charge is 2.43. The highest BCUT2D eigenvalue weighted by atomic mass is 15.2. The van der Waals surface area contributed by atoms with Crippen molar-refractivity contribution in [1.82, 2.24) is 4.90 Å². The van der Waals surface area contributed by atoms with Crippen LogP contribution in [0.25, 0.3) is 0 Å². The summed E-state index contributed by atoms with van der Waals surface area (Å²) in [5, 5.41) is 0. The molecule has 4 bridgehead atoms. The van der Waals surface area contributed by atoms with E-state index in [1.165, 1.54) is 70.6 Å². The number of piperidine rings is 2. The molecule has 2 saturated carbocycles. The van der Waals surface area contributed by atoms with Gasteiger partial charge in [0, 0.05) is 24.2 Å². The van der Waals surface area contributed by atoms with Crippen molar-refractivity contribution < 1.29 is 0 Å². The maximum absolute atomic E-state index is 6.31. The fourth-order valence-corrected chi connectivity index (χ4v) is 6.17. The molecule has 4 aliphatic rings. The minimum Gasteiger partial charge on any atom is -0.328 e. The third-order valence-corrected chi connectivity index (χ3v) is 6.84. The molecule has 2 N–H and O–H groups in total. The van der Waals surface area contributed by atoms with E-state index in [2.05, 4.69) is 4.90 Å². The predicted molar refractivity (Wildman–Crippen MR) is 83.6 cm³/mol. The molecule has 20 heavy (non-hydrogen) atoms. The monoisotopic (exact) mass is 276 g/mol. The zero-order valence-electron chi connectivity index (χ0n) is 13.0. The van der Waals surface area contributed by atoms with Gasteiger partial charge in [-0.15, -0.1) is 0 Å². The van der Waals surface area contributed by atoms with Gasteiger partial charge in [0.25, 0.3) is 0 Å². The summed E-state index contributed by atoms with van der Waals surface area (Å²) >= 11 is 0. The molecule has 2 heteroatoms. The summed E-state index contributed by atoms with van der Waals surface area (Å²) < 4.78 is 0. The van der Waals surface area contributed by atoms with Gasteiger partial charge in [0.2, 0.25) is 0 Å². The van der Waals surface area contributed by atoms with Crippen molar-refractivity contribution in [1.29, 1.82) is 0 Å². The Morgan fingerprint density at radius 1 is 0.600 bits per heavy atom. The van der Waals surface area contributed by atoms with Gasteiger partial charge < -0.3 is 5.73 Å². The molecule has 0 amide bonds. The normalized spacial score (nSPS) is 49.6. The molecule has 0 spiro atoms. The van der Waals surface area contributed by atoms with Gasteiger partial charge in [-0.3, -0.25) is 4.90 Å². The SMILES string of the molecule is NC1CC2CCCC(C1)N2C1CC2CCCCC(C2)C1. The quantitative estimate of drug-likeness (QED) is 0.791. The molecule has 0 aromatic carbocycles. The van der Waals surface area contributed by atoms with Crippen LogP contribution < -0.4 is 5.73 Å². The summed E-state index contributed by atoms with van der Waals surface area (Å²) in [6.07, 6.45) is 17.5. The van der Waals surface area contributed by atoms with E-state index in [4.69, 9.17) is 5.73 Å². The molecule has 114 valence electrons. The van der Waals surface area contributed by atoms with Crippen molar-refractivity contribution in [2.75, 3.05) is 0 Å². The molecule has 2 nitrogen and oxygen atoms in total. The maximum atomic E-state index is 6.31. The number of nitrogens with zero attached hydrogens (tertiary/aromatic N) is 1. The van der Waals surface area contributed by atoms with Gasteiger partial charge in [-0.05, 0) is 56.8 Å². The lowest BCUT2D eigenvalue weighted by Crippen LogP contribution is -2.60. The van der Waals surface area contributed by atoms with Crippen LogP contribution in [0.5, 0.6) is 0 Å². The van der Waals surface area contributed by atoms with Crippen molar-refractivity contribution >= 4 is 0 Å². The molecule has 0 aromatic heterocycles. The molecule has 0 aromatic rings. The van der Waals surface area contributed by atoms with E-state index < -0.39 is 0 Å².